The second-order valence-electron chi connectivity index (χ2n) is 5.64. The topological polar surface area (TPSA) is 41.6 Å². The summed E-state index contributed by atoms with van der Waals surface area (Å²) in [4.78, 5) is 14.4. The lowest BCUT2D eigenvalue weighted by Gasteiger charge is -2.24. The predicted molar refractivity (Wildman–Crippen MR) is 84.6 cm³/mol. The van der Waals surface area contributed by atoms with Gasteiger partial charge in [0.25, 0.3) is 0 Å². The molecule has 1 saturated heterocycles. The molecule has 1 unspecified atom stereocenters. The van der Waals surface area contributed by atoms with Gasteiger partial charge in [0, 0.05) is 25.6 Å². The number of benzene rings is 1. The van der Waals surface area contributed by atoms with E-state index in [2.05, 4.69) is 22.3 Å². The van der Waals surface area contributed by atoms with E-state index in [-0.39, 0.29) is 0 Å². The van der Waals surface area contributed by atoms with Gasteiger partial charge in [0.15, 0.2) is 0 Å². The summed E-state index contributed by atoms with van der Waals surface area (Å²) in [6.07, 6.45) is 4.77. The number of likely N-dealkylation sites (N-methyl/N-ethyl adjacent to an activating group) is 1. The molecule has 1 aliphatic rings. The Bertz CT molecular complexity index is 445. The zero-order valence-corrected chi connectivity index (χ0v) is 13.1. The van der Waals surface area contributed by atoms with Gasteiger partial charge in [-0.3, -0.25) is 4.79 Å². The lowest BCUT2D eigenvalue weighted by atomic mass is 10.1. The van der Waals surface area contributed by atoms with E-state index in [1.165, 1.54) is 5.56 Å². The van der Waals surface area contributed by atoms with Crippen molar-refractivity contribution in [3.05, 3.63) is 29.8 Å². The van der Waals surface area contributed by atoms with Gasteiger partial charge in [-0.25, -0.2) is 0 Å². The molecule has 1 amide bonds. The first-order chi connectivity index (χ1) is 10.2. The largest absolute Gasteiger partial charge is 0.497 e. The van der Waals surface area contributed by atoms with Crippen LogP contribution in [0.4, 0.5) is 0 Å². The van der Waals surface area contributed by atoms with E-state index in [0.29, 0.717) is 18.4 Å². The number of nitrogens with zero attached hydrogens (tertiary/aromatic N) is 1. The number of nitrogens with one attached hydrogen (secondary N) is 1. The highest BCUT2D eigenvalue weighted by Gasteiger charge is 2.27. The van der Waals surface area contributed by atoms with Gasteiger partial charge >= 0.3 is 0 Å². The lowest BCUT2D eigenvalue weighted by molar-refractivity contribution is -0.132. The van der Waals surface area contributed by atoms with Crippen molar-refractivity contribution in [2.75, 3.05) is 27.2 Å². The van der Waals surface area contributed by atoms with Gasteiger partial charge in [0.1, 0.15) is 5.75 Å². The highest BCUT2D eigenvalue weighted by Crippen LogP contribution is 2.19. The first kappa shape index (κ1) is 15.8. The second-order valence-corrected chi connectivity index (χ2v) is 5.64. The number of amides is 1. The fraction of sp³-hybridized carbons (Fsp3) is 0.588. The zero-order valence-electron chi connectivity index (χ0n) is 13.1. The quantitative estimate of drug-likeness (QED) is 0.837. The van der Waals surface area contributed by atoms with Gasteiger partial charge in [-0.1, -0.05) is 12.1 Å². The Morgan fingerprint density at radius 3 is 2.81 bits per heavy atom. The van der Waals surface area contributed by atoms with Crippen molar-refractivity contribution in [1.29, 1.82) is 0 Å². The molecule has 1 N–H and O–H groups in total. The molecule has 1 aromatic rings. The number of hydrogen-bond acceptors (Lipinski definition) is 3. The fourth-order valence-electron chi connectivity index (χ4n) is 2.99. The van der Waals surface area contributed by atoms with Crippen LogP contribution in [0, 0.1) is 0 Å². The Hall–Kier alpha value is -1.55. The molecule has 1 aliphatic heterocycles. The number of hydrogen-bond donors (Lipinski definition) is 1. The molecular weight excluding hydrogens is 264 g/mol. The SMILES string of the molecule is CNCC1CCCN1C(=O)CCCc1ccc(OC)cc1. The third-order valence-electron chi connectivity index (χ3n) is 4.15. The minimum atomic E-state index is 0.307. The number of carbonyl (C=O) groups excluding carboxylic acids is 1. The highest BCUT2D eigenvalue weighted by molar-refractivity contribution is 5.76. The Morgan fingerprint density at radius 2 is 2.14 bits per heavy atom. The van der Waals surface area contributed by atoms with Crippen molar-refractivity contribution in [2.45, 2.75) is 38.1 Å². The number of likely N-dealkylation sites (tertiary alicyclic amines) is 1. The smallest absolute Gasteiger partial charge is 0.222 e. The first-order valence-corrected chi connectivity index (χ1v) is 7.81. The van der Waals surface area contributed by atoms with Gasteiger partial charge < -0.3 is 15.0 Å². The van der Waals surface area contributed by atoms with Crippen LogP contribution in [0.2, 0.25) is 0 Å². The molecule has 1 atom stereocenters. The summed E-state index contributed by atoms with van der Waals surface area (Å²) in [6, 6.07) is 8.48. The van der Waals surface area contributed by atoms with E-state index in [1.807, 2.05) is 19.2 Å². The zero-order chi connectivity index (χ0) is 15.1. The number of aryl methyl sites for hydroxylation is 1. The van der Waals surface area contributed by atoms with Crippen LogP contribution in [0.1, 0.15) is 31.2 Å². The van der Waals surface area contributed by atoms with Crippen LogP contribution < -0.4 is 10.1 Å². The van der Waals surface area contributed by atoms with Gasteiger partial charge in [-0.2, -0.15) is 0 Å². The molecule has 0 spiro atoms. The number of carbonyl (C=O) groups is 1. The van der Waals surface area contributed by atoms with Crippen molar-refractivity contribution >= 4 is 5.91 Å². The predicted octanol–water partition coefficient (Wildman–Crippen LogP) is 2.23. The molecule has 0 aliphatic carbocycles. The van der Waals surface area contributed by atoms with Gasteiger partial charge in [0.2, 0.25) is 5.91 Å². The number of methoxy groups -OCH3 is 1. The first-order valence-electron chi connectivity index (χ1n) is 7.81. The standard InChI is InChI=1S/C17H26N2O2/c1-18-13-15-6-4-12-19(15)17(20)7-3-5-14-8-10-16(21-2)11-9-14/h8-11,15,18H,3-7,12-13H2,1-2H3. The molecule has 0 bridgehead atoms. The van der Waals surface area contributed by atoms with Crippen molar-refractivity contribution in [1.82, 2.24) is 10.2 Å². The molecule has 0 aromatic heterocycles. The van der Waals surface area contributed by atoms with Gasteiger partial charge in [-0.05, 0) is 50.4 Å². The minimum absolute atomic E-state index is 0.307. The summed E-state index contributed by atoms with van der Waals surface area (Å²) in [5.41, 5.74) is 1.26. The summed E-state index contributed by atoms with van der Waals surface area (Å²) in [5, 5.41) is 3.18. The fourth-order valence-corrected chi connectivity index (χ4v) is 2.99. The van der Waals surface area contributed by atoms with E-state index < -0.39 is 0 Å². The maximum atomic E-state index is 12.3. The van der Waals surface area contributed by atoms with Crippen LogP contribution in [0.15, 0.2) is 24.3 Å². The van der Waals surface area contributed by atoms with Crippen LogP contribution in [-0.2, 0) is 11.2 Å². The van der Waals surface area contributed by atoms with E-state index in [9.17, 15) is 4.79 Å². The number of rotatable bonds is 7. The summed E-state index contributed by atoms with van der Waals surface area (Å²) >= 11 is 0. The summed E-state index contributed by atoms with van der Waals surface area (Å²) in [5.74, 6) is 1.18. The molecule has 1 aromatic carbocycles. The van der Waals surface area contributed by atoms with Gasteiger partial charge in [0.05, 0.1) is 7.11 Å². The van der Waals surface area contributed by atoms with Crippen molar-refractivity contribution in [2.24, 2.45) is 0 Å². The molecule has 0 saturated carbocycles. The summed E-state index contributed by atoms with van der Waals surface area (Å²) in [6.45, 7) is 1.83. The molecule has 4 nitrogen and oxygen atoms in total. The highest BCUT2D eigenvalue weighted by atomic mass is 16.5. The third-order valence-corrected chi connectivity index (χ3v) is 4.15. The minimum Gasteiger partial charge on any atom is -0.497 e. The average molecular weight is 290 g/mol. The molecule has 0 radical (unpaired) electrons. The maximum Gasteiger partial charge on any atom is 0.222 e. The van der Waals surface area contributed by atoms with E-state index in [4.69, 9.17) is 4.74 Å². The van der Waals surface area contributed by atoms with Crippen molar-refractivity contribution in [3.63, 3.8) is 0 Å². The van der Waals surface area contributed by atoms with Crippen LogP contribution in [-0.4, -0.2) is 44.1 Å². The summed E-state index contributed by atoms with van der Waals surface area (Å²) < 4.78 is 5.15. The van der Waals surface area contributed by atoms with E-state index >= 15 is 0 Å². The molecule has 1 fully saturated rings. The van der Waals surface area contributed by atoms with Crippen molar-refractivity contribution in [3.8, 4) is 5.75 Å². The average Bonchev–Trinajstić information content (AvgIpc) is 2.96. The lowest BCUT2D eigenvalue weighted by Crippen LogP contribution is -2.40. The molecule has 4 heteroatoms. The summed E-state index contributed by atoms with van der Waals surface area (Å²) in [7, 11) is 3.62. The van der Waals surface area contributed by atoms with E-state index in [1.54, 1.807) is 7.11 Å². The molecular formula is C17H26N2O2. The molecule has 1 heterocycles. The van der Waals surface area contributed by atoms with Crippen LogP contribution >= 0.6 is 0 Å². The third kappa shape index (κ3) is 4.46. The Morgan fingerprint density at radius 1 is 1.38 bits per heavy atom. The second kappa shape index (κ2) is 8.03. The number of ether oxygens (including phenoxy) is 1. The molecule has 116 valence electrons. The van der Waals surface area contributed by atoms with Crippen LogP contribution in [0.25, 0.3) is 0 Å². The maximum absolute atomic E-state index is 12.3. The Balaban J connectivity index is 1.75. The van der Waals surface area contributed by atoms with Crippen molar-refractivity contribution < 1.29 is 9.53 Å². The van der Waals surface area contributed by atoms with E-state index in [0.717, 1.165) is 44.5 Å². The Labute approximate surface area is 127 Å². The Kier molecular flexibility index (Phi) is 6.05. The van der Waals surface area contributed by atoms with Gasteiger partial charge in [-0.15, -0.1) is 0 Å². The molecule has 21 heavy (non-hydrogen) atoms. The normalized spacial score (nSPS) is 18.0. The van der Waals surface area contributed by atoms with Crippen LogP contribution in [0.5, 0.6) is 5.75 Å². The monoisotopic (exact) mass is 290 g/mol. The van der Waals surface area contributed by atoms with Crippen LogP contribution in [0.3, 0.4) is 0 Å². The molecule has 2 rings (SSSR count).